The molecule has 1 fully saturated rings. The molecule has 0 radical (unpaired) electrons. The number of carbonyl (C=O) groups is 1. The second-order valence-corrected chi connectivity index (χ2v) is 10.0. The first-order valence-electron chi connectivity index (χ1n) is 9.27. The van der Waals surface area contributed by atoms with Gasteiger partial charge in [0.05, 0.1) is 11.9 Å². The van der Waals surface area contributed by atoms with Gasteiger partial charge in [-0.15, -0.1) is 11.3 Å². The third kappa shape index (κ3) is 3.93. The molecule has 8 heteroatoms. The van der Waals surface area contributed by atoms with Crippen molar-refractivity contribution in [2.24, 2.45) is 0 Å². The lowest BCUT2D eigenvalue weighted by Gasteiger charge is -2.20. The van der Waals surface area contributed by atoms with Crippen LogP contribution in [0.3, 0.4) is 0 Å². The Kier molecular flexibility index (Phi) is 5.05. The van der Waals surface area contributed by atoms with E-state index in [0.717, 1.165) is 30.4 Å². The van der Waals surface area contributed by atoms with Gasteiger partial charge in [0.15, 0.2) is 5.13 Å². The van der Waals surface area contributed by atoms with Gasteiger partial charge >= 0.3 is 0 Å². The molecule has 144 valence electrons. The number of amides is 1. The number of anilines is 1. The number of aromatic nitrogens is 1. The molecule has 2 aromatic rings. The van der Waals surface area contributed by atoms with Gasteiger partial charge < -0.3 is 5.32 Å². The first-order chi connectivity index (χ1) is 12.9. The van der Waals surface area contributed by atoms with Gasteiger partial charge in [0, 0.05) is 17.5 Å². The number of thiazole rings is 1. The summed E-state index contributed by atoms with van der Waals surface area (Å²) >= 11 is 1.37. The molecule has 4 rings (SSSR count). The van der Waals surface area contributed by atoms with Crippen LogP contribution in [0.1, 0.15) is 36.8 Å². The molecule has 1 N–H and O–H groups in total. The summed E-state index contributed by atoms with van der Waals surface area (Å²) in [5.41, 5.74) is 4.73. The monoisotopic (exact) mass is 405 g/mol. The highest BCUT2D eigenvalue weighted by Gasteiger charge is 2.36. The molecule has 27 heavy (non-hydrogen) atoms. The van der Waals surface area contributed by atoms with Gasteiger partial charge in [0.1, 0.15) is 6.04 Å². The number of fused-ring (bicyclic) bond motifs is 1. The van der Waals surface area contributed by atoms with Gasteiger partial charge in [0.2, 0.25) is 15.9 Å². The van der Waals surface area contributed by atoms with Crippen molar-refractivity contribution in [2.45, 2.75) is 44.6 Å². The zero-order valence-electron chi connectivity index (χ0n) is 15.3. The summed E-state index contributed by atoms with van der Waals surface area (Å²) in [6.45, 7) is 0.398. The summed E-state index contributed by atoms with van der Waals surface area (Å²) in [5, 5.41) is 5.24. The molecule has 1 atom stereocenters. The van der Waals surface area contributed by atoms with Crippen molar-refractivity contribution < 1.29 is 13.2 Å². The van der Waals surface area contributed by atoms with E-state index in [1.54, 1.807) is 0 Å². The van der Waals surface area contributed by atoms with Crippen molar-refractivity contribution in [1.82, 2.24) is 9.29 Å². The van der Waals surface area contributed by atoms with Crippen molar-refractivity contribution in [3.63, 3.8) is 0 Å². The topological polar surface area (TPSA) is 79.4 Å². The number of nitrogens with zero attached hydrogens (tertiary/aromatic N) is 2. The maximum atomic E-state index is 12.6. The predicted molar refractivity (Wildman–Crippen MR) is 107 cm³/mol. The average Bonchev–Trinajstić information content (AvgIpc) is 3.30. The first kappa shape index (κ1) is 18.6. The summed E-state index contributed by atoms with van der Waals surface area (Å²) < 4.78 is 25.0. The largest absolute Gasteiger partial charge is 0.301 e. The quantitative estimate of drug-likeness (QED) is 0.848. The SMILES string of the molecule is CS(=O)(=O)N1CCCC1C(=O)Nc1nc(-c2ccc3c(c2)CCCC3)cs1. The number of hydrogen-bond donors (Lipinski definition) is 1. The van der Waals surface area contributed by atoms with Crippen LogP contribution in [0.4, 0.5) is 5.13 Å². The predicted octanol–water partition coefficient (Wildman–Crippen LogP) is 3.05. The Morgan fingerprint density at radius 1 is 1.22 bits per heavy atom. The molecule has 6 nitrogen and oxygen atoms in total. The van der Waals surface area contributed by atoms with E-state index in [2.05, 4.69) is 28.5 Å². The molecule has 1 amide bonds. The Bertz CT molecular complexity index is 968. The van der Waals surface area contributed by atoms with E-state index in [1.807, 2.05) is 5.38 Å². The summed E-state index contributed by atoms with van der Waals surface area (Å²) in [4.78, 5) is 17.1. The van der Waals surface area contributed by atoms with Gasteiger partial charge in [-0.3, -0.25) is 4.79 Å². The molecule has 0 bridgehead atoms. The summed E-state index contributed by atoms with van der Waals surface area (Å²) in [7, 11) is -3.38. The van der Waals surface area contributed by atoms with Crippen LogP contribution in [0.5, 0.6) is 0 Å². The van der Waals surface area contributed by atoms with Crippen molar-refractivity contribution in [3.8, 4) is 11.3 Å². The van der Waals surface area contributed by atoms with Gasteiger partial charge in [0.25, 0.3) is 0 Å². The van der Waals surface area contributed by atoms with E-state index < -0.39 is 16.1 Å². The molecule has 1 aliphatic carbocycles. The van der Waals surface area contributed by atoms with Crippen molar-refractivity contribution in [1.29, 1.82) is 0 Å². The molecule has 0 saturated carbocycles. The van der Waals surface area contributed by atoms with Crippen LogP contribution in [0.2, 0.25) is 0 Å². The second-order valence-electron chi connectivity index (χ2n) is 7.25. The fourth-order valence-electron chi connectivity index (χ4n) is 3.94. The molecule has 2 heterocycles. The standard InChI is InChI=1S/C19H23N3O3S2/c1-27(24,25)22-10-4-7-17(22)18(23)21-19-20-16(12-26-19)15-9-8-13-5-2-3-6-14(13)11-15/h8-9,11-12,17H,2-7,10H2,1H3,(H,20,21,23). The van der Waals surface area contributed by atoms with Crippen LogP contribution in [-0.4, -0.2) is 42.5 Å². The summed E-state index contributed by atoms with van der Waals surface area (Å²) in [5.74, 6) is -0.302. The highest BCUT2D eigenvalue weighted by molar-refractivity contribution is 7.88. The van der Waals surface area contributed by atoms with Gasteiger partial charge in [-0.25, -0.2) is 13.4 Å². The molecule has 1 aromatic carbocycles. The van der Waals surface area contributed by atoms with Crippen LogP contribution < -0.4 is 5.32 Å². The maximum Gasteiger partial charge on any atom is 0.244 e. The van der Waals surface area contributed by atoms with Crippen LogP contribution in [0, 0.1) is 0 Å². The van der Waals surface area contributed by atoms with E-state index in [4.69, 9.17) is 0 Å². The highest BCUT2D eigenvalue weighted by Crippen LogP contribution is 2.30. The Morgan fingerprint density at radius 2 is 2.00 bits per heavy atom. The van der Waals surface area contributed by atoms with Crippen LogP contribution in [0.15, 0.2) is 23.6 Å². The van der Waals surface area contributed by atoms with Crippen molar-refractivity contribution in [2.75, 3.05) is 18.1 Å². The third-order valence-corrected chi connectivity index (χ3v) is 7.36. The summed E-state index contributed by atoms with van der Waals surface area (Å²) in [6, 6.07) is 5.84. The average molecular weight is 406 g/mol. The first-order valence-corrected chi connectivity index (χ1v) is 12.0. The molecule has 1 aromatic heterocycles. The second kappa shape index (κ2) is 7.33. The minimum Gasteiger partial charge on any atom is -0.301 e. The van der Waals surface area contributed by atoms with Gasteiger partial charge in [-0.2, -0.15) is 4.31 Å². The Morgan fingerprint density at radius 3 is 2.78 bits per heavy atom. The van der Waals surface area contributed by atoms with Crippen molar-refractivity contribution in [3.05, 3.63) is 34.7 Å². The zero-order chi connectivity index (χ0) is 19.0. The van der Waals surface area contributed by atoms with Crippen LogP contribution in [0.25, 0.3) is 11.3 Å². The molecule has 2 aliphatic rings. The highest BCUT2D eigenvalue weighted by atomic mass is 32.2. The molecule has 0 spiro atoms. The van der Waals surface area contributed by atoms with Crippen LogP contribution >= 0.6 is 11.3 Å². The third-order valence-electron chi connectivity index (χ3n) is 5.31. The fourth-order valence-corrected chi connectivity index (χ4v) is 5.79. The number of rotatable bonds is 4. The Hall–Kier alpha value is -1.77. The Labute approximate surface area is 163 Å². The Balaban J connectivity index is 1.49. The zero-order valence-corrected chi connectivity index (χ0v) is 16.9. The van der Waals surface area contributed by atoms with E-state index in [-0.39, 0.29) is 5.91 Å². The van der Waals surface area contributed by atoms with Crippen LogP contribution in [-0.2, 0) is 27.7 Å². The number of hydrogen-bond acceptors (Lipinski definition) is 5. The van der Waals surface area contributed by atoms with Gasteiger partial charge in [-0.1, -0.05) is 12.1 Å². The number of sulfonamides is 1. The lowest BCUT2D eigenvalue weighted by molar-refractivity contribution is -0.119. The molecular weight excluding hydrogens is 382 g/mol. The fraction of sp³-hybridized carbons (Fsp3) is 0.474. The van der Waals surface area contributed by atoms with E-state index >= 15 is 0 Å². The van der Waals surface area contributed by atoms with Gasteiger partial charge in [-0.05, 0) is 55.7 Å². The molecular formula is C19H23N3O3S2. The number of aryl methyl sites for hydroxylation is 2. The minimum absolute atomic E-state index is 0.302. The lowest BCUT2D eigenvalue weighted by Crippen LogP contribution is -2.42. The number of nitrogens with one attached hydrogen (secondary N) is 1. The molecule has 1 unspecified atom stereocenters. The minimum atomic E-state index is -3.38. The molecule has 1 aliphatic heterocycles. The maximum absolute atomic E-state index is 12.6. The smallest absolute Gasteiger partial charge is 0.244 e. The van der Waals surface area contributed by atoms with E-state index in [1.165, 1.54) is 39.6 Å². The summed E-state index contributed by atoms with van der Waals surface area (Å²) in [6.07, 6.45) is 7.13. The van der Waals surface area contributed by atoms with Crippen molar-refractivity contribution >= 4 is 32.4 Å². The van der Waals surface area contributed by atoms with E-state index in [0.29, 0.717) is 24.5 Å². The number of carbonyl (C=O) groups excluding carboxylic acids is 1. The lowest BCUT2D eigenvalue weighted by atomic mass is 9.90. The normalized spacial score (nSPS) is 20.4. The van der Waals surface area contributed by atoms with E-state index in [9.17, 15) is 13.2 Å². The number of benzene rings is 1. The molecule has 1 saturated heterocycles.